The molecule has 3 rings (SSSR count). The molecular weight excluding hydrogens is 324 g/mol. The number of hydrogen-bond acceptors (Lipinski definition) is 6. The summed E-state index contributed by atoms with van der Waals surface area (Å²) in [5.41, 5.74) is 0.562. The van der Waals surface area contributed by atoms with Gasteiger partial charge in [-0.05, 0) is 17.7 Å². The summed E-state index contributed by atoms with van der Waals surface area (Å²) < 4.78 is 37.3. The topological polar surface area (TPSA) is 108 Å². The van der Waals surface area contributed by atoms with Crippen LogP contribution in [0.1, 0.15) is 5.56 Å². The highest BCUT2D eigenvalue weighted by Gasteiger charge is 2.20. The number of nitro benzene ring substituents is 1. The average Bonchev–Trinajstić information content (AvgIpc) is 3.01. The zero-order valence-corrected chi connectivity index (χ0v) is 12.6. The van der Waals surface area contributed by atoms with Gasteiger partial charge in [0, 0.05) is 24.7 Å². The predicted octanol–water partition coefficient (Wildman–Crippen LogP) is 1.80. The third-order valence-electron chi connectivity index (χ3n) is 3.27. The molecule has 8 nitrogen and oxygen atoms in total. The lowest BCUT2D eigenvalue weighted by Crippen LogP contribution is -2.23. The number of rotatable bonds is 5. The van der Waals surface area contributed by atoms with Crippen LogP contribution in [0.3, 0.4) is 0 Å². The van der Waals surface area contributed by atoms with Crippen LogP contribution in [0.2, 0.25) is 0 Å². The van der Waals surface area contributed by atoms with E-state index in [1.54, 1.807) is 0 Å². The van der Waals surface area contributed by atoms with E-state index in [4.69, 9.17) is 9.47 Å². The number of nitro groups is 1. The lowest BCUT2D eigenvalue weighted by Gasteiger charge is -2.07. The number of benzene rings is 2. The minimum absolute atomic E-state index is 0.0226. The van der Waals surface area contributed by atoms with Crippen LogP contribution in [0.5, 0.6) is 11.5 Å². The Hall–Kier alpha value is -2.65. The highest BCUT2D eigenvalue weighted by Crippen LogP contribution is 2.33. The number of nitrogens with zero attached hydrogens (tertiary/aromatic N) is 1. The first-order valence-electron chi connectivity index (χ1n) is 6.58. The number of fused-ring (bicyclic) bond motifs is 1. The monoisotopic (exact) mass is 336 g/mol. The molecule has 1 aliphatic heterocycles. The van der Waals surface area contributed by atoms with Crippen molar-refractivity contribution in [2.45, 2.75) is 11.4 Å². The van der Waals surface area contributed by atoms with E-state index < -0.39 is 14.9 Å². The van der Waals surface area contributed by atoms with Crippen molar-refractivity contribution >= 4 is 15.7 Å². The first-order chi connectivity index (χ1) is 11.0. The molecule has 2 aromatic carbocycles. The first kappa shape index (κ1) is 15.3. The standard InChI is InChI=1S/C14H12N2O6S/c17-16(18)11-3-1-10(2-4-11)8-15-23(19,20)12-5-6-13-14(7-12)22-9-21-13/h1-7,15H,8-9H2. The van der Waals surface area contributed by atoms with Crippen molar-refractivity contribution in [1.82, 2.24) is 4.72 Å². The van der Waals surface area contributed by atoms with Gasteiger partial charge in [-0.25, -0.2) is 13.1 Å². The summed E-state index contributed by atoms with van der Waals surface area (Å²) in [6, 6.07) is 9.99. The number of non-ortho nitro benzene ring substituents is 1. The summed E-state index contributed by atoms with van der Waals surface area (Å²) in [7, 11) is -3.73. The van der Waals surface area contributed by atoms with E-state index in [-0.39, 0.29) is 23.9 Å². The van der Waals surface area contributed by atoms with E-state index in [1.165, 1.54) is 42.5 Å². The second kappa shape index (κ2) is 5.86. The normalized spacial score (nSPS) is 13.0. The summed E-state index contributed by atoms with van der Waals surface area (Å²) >= 11 is 0. The summed E-state index contributed by atoms with van der Waals surface area (Å²) in [4.78, 5) is 10.1. The third kappa shape index (κ3) is 3.25. The second-order valence-corrected chi connectivity index (χ2v) is 6.53. The molecule has 0 spiro atoms. The van der Waals surface area contributed by atoms with Crippen LogP contribution >= 0.6 is 0 Å². The molecule has 0 bridgehead atoms. The summed E-state index contributed by atoms with van der Waals surface area (Å²) in [6.45, 7) is 0.0871. The van der Waals surface area contributed by atoms with E-state index >= 15 is 0 Å². The largest absolute Gasteiger partial charge is 0.454 e. The molecule has 0 fully saturated rings. The molecule has 2 aromatic rings. The van der Waals surface area contributed by atoms with Gasteiger partial charge < -0.3 is 9.47 Å². The molecule has 1 aliphatic rings. The van der Waals surface area contributed by atoms with Gasteiger partial charge in [0.05, 0.1) is 9.82 Å². The molecule has 0 saturated heterocycles. The van der Waals surface area contributed by atoms with Gasteiger partial charge in [0.2, 0.25) is 16.8 Å². The van der Waals surface area contributed by atoms with Crippen LogP contribution in [0, 0.1) is 10.1 Å². The SMILES string of the molecule is O=[N+]([O-])c1ccc(CNS(=O)(=O)c2ccc3c(c2)OCO3)cc1. The van der Waals surface area contributed by atoms with E-state index in [2.05, 4.69) is 4.72 Å². The van der Waals surface area contributed by atoms with Crippen LogP contribution in [0.4, 0.5) is 5.69 Å². The van der Waals surface area contributed by atoms with Gasteiger partial charge in [-0.2, -0.15) is 0 Å². The predicted molar refractivity (Wildman–Crippen MR) is 79.7 cm³/mol. The summed E-state index contributed by atoms with van der Waals surface area (Å²) in [5, 5.41) is 10.6. The van der Waals surface area contributed by atoms with Crippen LogP contribution in [-0.2, 0) is 16.6 Å². The molecular formula is C14H12N2O6S. The molecule has 1 heterocycles. The number of hydrogen-bond donors (Lipinski definition) is 1. The van der Waals surface area contributed by atoms with Crippen molar-refractivity contribution in [1.29, 1.82) is 0 Å². The molecule has 1 N–H and O–H groups in total. The van der Waals surface area contributed by atoms with Gasteiger partial charge in [0.1, 0.15) is 0 Å². The zero-order valence-electron chi connectivity index (χ0n) is 11.8. The molecule has 0 aliphatic carbocycles. The Bertz CT molecular complexity index is 848. The minimum atomic E-state index is -3.73. The Morgan fingerprint density at radius 2 is 1.78 bits per heavy atom. The molecule has 0 aromatic heterocycles. The molecule has 0 saturated carbocycles. The molecule has 0 amide bonds. The van der Waals surface area contributed by atoms with Crippen molar-refractivity contribution in [2.75, 3.05) is 6.79 Å². The lowest BCUT2D eigenvalue weighted by molar-refractivity contribution is -0.384. The highest BCUT2D eigenvalue weighted by atomic mass is 32.2. The Balaban J connectivity index is 1.72. The first-order valence-corrected chi connectivity index (χ1v) is 8.07. The number of ether oxygens (including phenoxy) is 2. The van der Waals surface area contributed by atoms with Crippen LogP contribution < -0.4 is 14.2 Å². The van der Waals surface area contributed by atoms with Crippen molar-refractivity contribution in [2.24, 2.45) is 0 Å². The van der Waals surface area contributed by atoms with Crippen molar-refractivity contribution < 1.29 is 22.8 Å². The maximum absolute atomic E-state index is 12.3. The van der Waals surface area contributed by atoms with E-state index in [0.717, 1.165) is 0 Å². The lowest BCUT2D eigenvalue weighted by atomic mass is 10.2. The van der Waals surface area contributed by atoms with Gasteiger partial charge in [-0.15, -0.1) is 0 Å². The number of nitrogens with one attached hydrogen (secondary N) is 1. The Kier molecular flexibility index (Phi) is 3.89. The molecule has 23 heavy (non-hydrogen) atoms. The fourth-order valence-electron chi connectivity index (χ4n) is 2.04. The quantitative estimate of drug-likeness (QED) is 0.659. The van der Waals surface area contributed by atoms with Crippen molar-refractivity contribution in [3.63, 3.8) is 0 Å². The van der Waals surface area contributed by atoms with Crippen LogP contribution in [0.15, 0.2) is 47.4 Å². The van der Waals surface area contributed by atoms with Gasteiger partial charge in [-0.1, -0.05) is 12.1 Å². The smallest absolute Gasteiger partial charge is 0.269 e. The van der Waals surface area contributed by atoms with E-state index in [9.17, 15) is 18.5 Å². The maximum atomic E-state index is 12.3. The Morgan fingerprint density at radius 1 is 1.09 bits per heavy atom. The van der Waals surface area contributed by atoms with E-state index in [1.807, 2.05) is 0 Å². The van der Waals surface area contributed by atoms with E-state index in [0.29, 0.717) is 17.1 Å². The maximum Gasteiger partial charge on any atom is 0.269 e. The average molecular weight is 336 g/mol. The van der Waals surface area contributed by atoms with Crippen molar-refractivity contribution in [3.05, 3.63) is 58.1 Å². The highest BCUT2D eigenvalue weighted by molar-refractivity contribution is 7.89. The second-order valence-electron chi connectivity index (χ2n) is 4.76. The van der Waals surface area contributed by atoms with Gasteiger partial charge in [0.25, 0.3) is 5.69 Å². The van der Waals surface area contributed by atoms with Crippen LogP contribution in [-0.4, -0.2) is 20.1 Å². The van der Waals surface area contributed by atoms with Gasteiger partial charge in [0.15, 0.2) is 11.5 Å². The fourth-order valence-corrected chi connectivity index (χ4v) is 3.07. The fraction of sp³-hybridized carbons (Fsp3) is 0.143. The Morgan fingerprint density at radius 3 is 2.48 bits per heavy atom. The number of sulfonamides is 1. The molecule has 0 radical (unpaired) electrons. The molecule has 0 unspecified atom stereocenters. The van der Waals surface area contributed by atoms with Gasteiger partial charge >= 0.3 is 0 Å². The van der Waals surface area contributed by atoms with Crippen LogP contribution in [0.25, 0.3) is 0 Å². The Labute approximate surface area is 131 Å². The summed E-state index contributed by atoms with van der Waals surface area (Å²) in [5.74, 6) is 0.877. The van der Waals surface area contributed by atoms with Gasteiger partial charge in [-0.3, -0.25) is 10.1 Å². The third-order valence-corrected chi connectivity index (χ3v) is 4.67. The molecule has 120 valence electrons. The summed E-state index contributed by atoms with van der Waals surface area (Å²) in [6.07, 6.45) is 0. The molecule has 0 atom stereocenters. The van der Waals surface area contributed by atoms with Crippen molar-refractivity contribution in [3.8, 4) is 11.5 Å². The zero-order chi connectivity index (χ0) is 16.4. The minimum Gasteiger partial charge on any atom is -0.454 e. The molecule has 9 heteroatoms.